The van der Waals surface area contributed by atoms with E-state index in [1.54, 1.807) is 0 Å². The van der Waals surface area contributed by atoms with Gasteiger partial charge in [-0.2, -0.15) is 0 Å². The predicted molar refractivity (Wildman–Crippen MR) is 59.0 cm³/mol. The highest BCUT2D eigenvalue weighted by atomic mass is 28.2. The molecule has 0 nitrogen and oxygen atoms in total. The molecule has 1 rings (SSSR count). The SMILES string of the molecule is C=C[SiH2]c1ccc(C)c(C)c1C. The Balaban J connectivity index is 3.16. The Morgan fingerprint density at radius 2 is 1.83 bits per heavy atom. The topological polar surface area (TPSA) is 0 Å². The lowest BCUT2D eigenvalue weighted by Gasteiger charge is -2.08. The highest BCUT2D eigenvalue weighted by Gasteiger charge is 2.01. The van der Waals surface area contributed by atoms with Crippen molar-refractivity contribution in [1.82, 2.24) is 0 Å². The first-order valence-corrected chi connectivity index (χ1v) is 5.85. The lowest BCUT2D eigenvalue weighted by molar-refractivity contribution is 1.28. The first-order chi connectivity index (χ1) is 5.66. The standard InChI is InChI=1S/C11H16Si/c1-5-12-11-7-6-8(2)9(3)10(11)4/h5-7H,1,12H2,2-4H3. The highest BCUT2D eigenvalue weighted by Crippen LogP contribution is 2.08. The Morgan fingerprint density at radius 3 is 2.42 bits per heavy atom. The molecule has 1 aromatic rings. The zero-order valence-corrected chi connectivity index (χ0v) is 9.56. The van der Waals surface area contributed by atoms with Gasteiger partial charge >= 0.3 is 0 Å². The predicted octanol–water partition coefficient (Wildman–Crippen LogP) is 1.55. The Bertz CT molecular complexity index is 300. The Morgan fingerprint density at radius 1 is 1.17 bits per heavy atom. The molecule has 0 aliphatic rings. The summed E-state index contributed by atoms with van der Waals surface area (Å²) in [6.45, 7) is 10.4. The van der Waals surface area contributed by atoms with Crippen LogP contribution < -0.4 is 5.19 Å². The van der Waals surface area contributed by atoms with Crippen molar-refractivity contribution in [2.75, 3.05) is 0 Å². The quantitative estimate of drug-likeness (QED) is 0.600. The molecular weight excluding hydrogens is 160 g/mol. The molecule has 0 unspecified atom stereocenters. The van der Waals surface area contributed by atoms with Crippen LogP contribution in [-0.2, 0) is 0 Å². The van der Waals surface area contributed by atoms with E-state index in [9.17, 15) is 0 Å². The lowest BCUT2D eigenvalue weighted by Crippen LogP contribution is -2.17. The number of hydrogen-bond acceptors (Lipinski definition) is 0. The van der Waals surface area contributed by atoms with Gasteiger partial charge in [-0.1, -0.05) is 17.3 Å². The van der Waals surface area contributed by atoms with Crippen molar-refractivity contribution in [3.8, 4) is 0 Å². The molecule has 0 amide bonds. The monoisotopic (exact) mass is 176 g/mol. The normalized spacial score (nSPS) is 10.9. The van der Waals surface area contributed by atoms with Gasteiger partial charge in [0.25, 0.3) is 0 Å². The van der Waals surface area contributed by atoms with Crippen molar-refractivity contribution in [3.63, 3.8) is 0 Å². The molecule has 0 aliphatic carbocycles. The van der Waals surface area contributed by atoms with Gasteiger partial charge in [-0.25, -0.2) is 0 Å². The zero-order valence-electron chi connectivity index (χ0n) is 8.15. The average Bonchev–Trinajstić information content (AvgIpc) is 2.07. The molecule has 1 aromatic carbocycles. The van der Waals surface area contributed by atoms with E-state index in [1.807, 2.05) is 0 Å². The molecular formula is C11H16Si. The minimum atomic E-state index is -0.203. The van der Waals surface area contributed by atoms with Gasteiger partial charge in [-0.15, -0.1) is 12.3 Å². The Labute approximate surface area is 77.1 Å². The Hall–Kier alpha value is -0.823. The molecule has 0 aliphatic heterocycles. The molecule has 0 fully saturated rings. The van der Waals surface area contributed by atoms with E-state index in [1.165, 1.54) is 21.9 Å². The van der Waals surface area contributed by atoms with Crippen LogP contribution in [0.15, 0.2) is 24.4 Å². The first-order valence-electron chi connectivity index (χ1n) is 4.33. The number of aryl methyl sites for hydroxylation is 1. The van der Waals surface area contributed by atoms with Crippen LogP contribution in [0.25, 0.3) is 0 Å². The van der Waals surface area contributed by atoms with Gasteiger partial charge in [-0.05, 0) is 37.5 Å². The summed E-state index contributed by atoms with van der Waals surface area (Å²) in [5.41, 5.74) is 6.41. The summed E-state index contributed by atoms with van der Waals surface area (Å²) in [4.78, 5) is 0. The summed E-state index contributed by atoms with van der Waals surface area (Å²) in [6, 6.07) is 4.47. The molecule has 0 heterocycles. The maximum atomic E-state index is 3.81. The highest BCUT2D eigenvalue weighted by molar-refractivity contribution is 6.59. The van der Waals surface area contributed by atoms with E-state index in [0.29, 0.717) is 0 Å². The maximum Gasteiger partial charge on any atom is 0.0779 e. The van der Waals surface area contributed by atoms with E-state index in [2.05, 4.69) is 45.2 Å². The van der Waals surface area contributed by atoms with Crippen LogP contribution >= 0.6 is 0 Å². The van der Waals surface area contributed by atoms with Crippen molar-refractivity contribution in [2.45, 2.75) is 20.8 Å². The summed E-state index contributed by atoms with van der Waals surface area (Å²) < 4.78 is 0. The van der Waals surface area contributed by atoms with Gasteiger partial charge in [0.15, 0.2) is 0 Å². The van der Waals surface area contributed by atoms with Crippen molar-refractivity contribution in [2.24, 2.45) is 0 Å². The van der Waals surface area contributed by atoms with Crippen LogP contribution in [0, 0.1) is 20.8 Å². The van der Waals surface area contributed by atoms with Crippen LogP contribution in [0.3, 0.4) is 0 Å². The fourth-order valence-corrected chi connectivity index (χ4v) is 2.53. The van der Waals surface area contributed by atoms with E-state index < -0.39 is 0 Å². The van der Waals surface area contributed by atoms with E-state index in [0.717, 1.165) is 0 Å². The molecule has 0 bridgehead atoms. The van der Waals surface area contributed by atoms with Gasteiger partial charge < -0.3 is 0 Å². The molecule has 0 aromatic heterocycles. The smallest absolute Gasteiger partial charge is 0.0779 e. The Kier molecular flexibility index (Phi) is 2.87. The number of benzene rings is 1. The summed E-state index contributed by atoms with van der Waals surface area (Å²) in [7, 11) is -0.203. The third-order valence-corrected chi connectivity index (χ3v) is 4.03. The van der Waals surface area contributed by atoms with E-state index in [-0.39, 0.29) is 9.52 Å². The molecule has 0 saturated carbocycles. The maximum absolute atomic E-state index is 3.81. The van der Waals surface area contributed by atoms with E-state index >= 15 is 0 Å². The number of rotatable bonds is 2. The average molecular weight is 176 g/mol. The van der Waals surface area contributed by atoms with Crippen molar-refractivity contribution < 1.29 is 0 Å². The largest absolute Gasteiger partial charge is 0.107 e. The van der Waals surface area contributed by atoms with Crippen LogP contribution in [0.4, 0.5) is 0 Å². The zero-order chi connectivity index (χ0) is 9.14. The molecule has 0 saturated heterocycles. The van der Waals surface area contributed by atoms with Crippen molar-refractivity contribution in [3.05, 3.63) is 41.1 Å². The van der Waals surface area contributed by atoms with Crippen LogP contribution in [0.1, 0.15) is 16.7 Å². The fraction of sp³-hybridized carbons (Fsp3) is 0.273. The van der Waals surface area contributed by atoms with Crippen molar-refractivity contribution in [1.29, 1.82) is 0 Å². The minimum absolute atomic E-state index is 0.203. The minimum Gasteiger partial charge on any atom is -0.107 e. The summed E-state index contributed by atoms with van der Waals surface area (Å²) >= 11 is 0. The summed E-state index contributed by atoms with van der Waals surface area (Å²) in [5.74, 6) is 0. The molecule has 64 valence electrons. The van der Waals surface area contributed by atoms with Crippen molar-refractivity contribution >= 4 is 14.7 Å². The molecule has 12 heavy (non-hydrogen) atoms. The molecule has 1 heteroatoms. The van der Waals surface area contributed by atoms with Gasteiger partial charge in [0.05, 0.1) is 9.52 Å². The molecule has 0 atom stereocenters. The first kappa shape index (κ1) is 9.27. The summed E-state index contributed by atoms with van der Waals surface area (Å²) in [5, 5.41) is 1.54. The van der Waals surface area contributed by atoms with Gasteiger partial charge in [0, 0.05) is 0 Å². The fourth-order valence-electron chi connectivity index (χ4n) is 1.39. The third-order valence-electron chi connectivity index (χ3n) is 2.53. The second-order valence-corrected chi connectivity index (χ2v) is 5.03. The van der Waals surface area contributed by atoms with Gasteiger partial charge in [-0.3, -0.25) is 0 Å². The van der Waals surface area contributed by atoms with Gasteiger partial charge in [0.1, 0.15) is 0 Å². The molecule has 0 radical (unpaired) electrons. The van der Waals surface area contributed by atoms with E-state index in [4.69, 9.17) is 0 Å². The summed E-state index contributed by atoms with van der Waals surface area (Å²) in [6.07, 6.45) is 0. The van der Waals surface area contributed by atoms with Crippen LogP contribution in [0.2, 0.25) is 0 Å². The lowest BCUT2D eigenvalue weighted by atomic mass is 10.1. The van der Waals surface area contributed by atoms with Crippen LogP contribution in [0.5, 0.6) is 0 Å². The molecule has 0 spiro atoms. The second kappa shape index (κ2) is 3.72. The van der Waals surface area contributed by atoms with Gasteiger partial charge in [0.2, 0.25) is 0 Å². The van der Waals surface area contributed by atoms with Crippen LogP contribution in [-0.4, -0.2) is 9.52 Å². The number of hydrogen-bond donors (Lipinski definition) is 0. The third kappa shape index (κ3) is 1.67. The second-order valence-electron chi connectivity index (χ2n) is 3.28. The molecule has 0 N–H and O–H groups in total.